The van der Waals surface area contributed by atoms with Gasteiger partial charge in [0.05, 0.1) is 16.6 Å². The van der Waals surface area contributed by atoms with Crippen LogP contribution in [0.2, 0.25) is 0 Å². The van der Waals surface area contributed by atoms with Gasteiger partial charge in [0.2, 0.25) is 5.78 Å². The summed E-state index contributed by atoms with van der Waals surface area (Å²) in [6.07, 6.45) is 6.22. The molecule has 0 bridgehead atoms. The molecule has 1 amide bonds. The first-order chi connectivity index (χ1) is 12.2. The number of thiophene rings is 1. The van der Waals surface area contributed by atoms with Gasteiger partial charge in [0.15, 0.2) is 0 Å². The fourth-order valence-corrected chi connectivity index (χ4v) is 4.14. The third-order valence-electron chi connectivity index (χ3n) is 3.79. The molecular formula is C17H15N5OS2. The van der Waals surface area contributed by atoms with Crippen LogP contribution in [0.1, 0.15) is 35.6 Å². The average molecular weight is 369 g/mol. The first-order valence-corrected chi connectivity index (χ1v) is 9.60. The summed E-state index contributed by atoms with van der Waals surface area (Å²) in [5, 5.41) is 7.68. The third kappa shape index (κ3) is 3.18. The minimum atomic E-state index is -0.184. The summed E-state index contributed by atoms with van der Waals surface area (Å²) < 4.78 is 1.85. The Morgan fingerprint density at radius 2 is 2.24 bits per heavy atom. The van der Waals surface area contributed by atoms with Crippen LogP contribution in [-0.4, -0.2) is 25.3 Å². The molecule has 126 valence electrons. The monoisotopic (exact) mass is 369 g/mol. The summed E-state index contributed by atoms with van der Waals surface area (Å²) in [6.45, 7) is 2.01. The second-order valence-electron chi connectivity index (χ2n) is 5.44. The highest BCUT2D eigenvalue weighted by Gasteiger charge is 2.19. The molecule has 4 heterocycles. The van der Waals surface area contributed by atoms with Crippen molar-refractivity contribution in [3.63, 3.8) is 0 Å². The molecule has 6 nitrogen and oxygen atoms in total. The van der Waals surface area contributed by atoms with Gasteiger partial charge in [-0.25, -0.2) is 15.0 Å². The van der Waals surface area contributed by atoms with Crippen LogP contribution in [0.5, 0.6) is 0 Å². The smallest absolute Gasteiger partial charge is 0.271 e. The predicted molar refractivity (Wildman–Crippen MR) is 98.9 cm³/mol. The Morgan fingerprint density at radius 1 is 1.32 bits per heavy atom. The lowest BCUT2D eigenvalue weighted by Gasteiger charge is -2.13. The number of nitrogens with zero attached hydrogens (tertiary/aromatic N) is 4. The number of hydrogen-bond donors (Lipinski definition) is 1. The third-order valence-corrected chi connectivity index (χ3v) is 5.67. The number of carbonyl (C=O) groups is 1. The van der Waals surface area contributed by atoms with E-state index in [0.717, 1.165) is 22.0 Å². The zero-order valence-electron chi connectivity index (χ0n) is 13.4. The van der Waals surface area contributed by atoms with Crippen molar-refractivity contribution in [2.24, 2.45) is 0 Å². The summed E-state index contributed by atoms with van der Waals surface area (Å²) in [5.74, 6) is 0.440. The standard InChI is InChI=1S/C17H15N5OS2/c1-2-11(12-9-22-7-4-6-18-17(22)21-12)19-15(23)13-10-25-16(20-13)14-5-3-8-24-14/h3-11H,2H2,1H3,(H,19,23)/t11-/m1/s1. The topological polar surface area (TPSA) is 72.2 Å². The molecule has 0 radical (unpaired) electrons. The molecule has 0 unspecified atom stereocenters. The molecule has 0 aliphatic carbocycles. The van der Waals surface area contributed by atoms with Gasteiger partial charge in [0, 0.05) is 24.0 Å². The maximum Gasteiger partial charge on any atom is 0.271 e. The lowest BCUT2D eigenvalue weighted by molar-refractivity contribution is 0.0930. The van der Waals surface area contributed by atoms with Crippen LogP contribution in [0.4, 0.5) is 0 Å². The number of fused-ring (bicyclic) bond motifs is 1. The van der Waals surface area contributed by atoms with Crippen molar-refractivity contribution in [3.05, 3.63) is 58.9 Å². The fourth-order valence-electron chi connectivity index (χ4n) is 2.53. The van der Waals surface area contributed by atoms with Gasteiger partial charge < -0.3 is 5.32 Å². The van der Waals surface area contributed by atoms with E-state index < -0.39 is 0 Å². The average Bonchev–Trinajstić information content (AvgIpc) is 3.38. The van der Waals surface area contributed by atoms with Crippen LogP contribution in [0.25, 0.3) is 15.7 Å². The number of aromatic nitrogens is 4. The molecule has 4 rings (SSSR count). The highest BCUT2D eigenvalue weighted by atomic mass is 32.1. The van der Waals surface area contributed by atoms with E-state index in [9.17, 15) is 4.79 Å². The van der Waals surface area contributed by atoms with E-state index in [-0.39, 0.29) is 11.9 Å². The molecule has 4 aromatic heterocycles. The molecule has 25 heavy (non-hydrogen) atoms. The van der Waals surface area contributed by atoms with Crippen LogP contribution >= 0.6 is 22.7 Å². The Morgan fingerprint density at radius 3 is 3.00 bits per heavy atom. The van der Waals surface area contributed by atoms with Crippen LogP contribution in [0.15, 0.2) is 47.5 Å². The zero-order chi connectivity index (χ0) is 17.2. The van der Waals surface area contributed by atoms with Crippen LogP contribution in [0.3, 0.4) is 0 Å². The number of rotatable bonds is 5. The van der Waals surface area contributed by atoms with E-state index in [1.165, 1.54) is 11.3 Å². The Balaban J connectivity index is 1.54. The van der Waals surface area contributed by atoms with Gasteiger partial charge >= 0.3 is 0 Å². The van der Waals surface area contributed by atoms with Crippen molar-refractivity contribution in [1.29, 1.82) is 0 Å². The predicted octanol–water partition coefficient (Wildman–Crippen LogP) is 3.80. The Labute approximate surface area is 152 Å². The van der Waals surface area contributed by atoms with E-state index in [1.807, 2.05) is 47.3 Å². The van der Waals surface area contributed by atoms with Crippen LogP contribution in [0, 0.1) is 0 Å². The van der Waals surface area contributed by atoms with E-state index in [2.05, 4.69) is 20.3 Å². The Hall–Kier alpha value is -2.58. The lowest BCUT2D eigenvalue weighted by Crippen LogP contribution is -2.28. The second kappa shape index (κ2) is 6.73. The molecule has 0 fully saturated rings. The largest absolute Gasteiger partial charge is 0.342 e. The van der Waals surface area contributed by atoms with Gasteiger partial charge in [0.1, 0.15) is 10.7 Å². The van der Waals surface area contributed by atoms with E-state index >= 15 is 0 Å². The number of thiazole rings is 1. The minimum absolute atomic E-state index is 0.180. The Bertz CT molecular complexity index is 972. The van der Waals surface area contributed by atoms with Crippen molar-refractivity contribution in [1.82, 2.24) is 24.7 Å². The maximum atomic E-state index is 12.6. The van der Waals surface area contributed by atoms with E-state index in [4.69, 9.17) is 0 Å². The second-order valence-corrected chi connectivity index (χ2v) is 7.25. The summed E-state index contributed by atoms with van der Waals surface area (Å²) >= 11 is 3.09. The van der Waals surface area contributed by atoms with Crippen LogP contribution in [-0.2, 0) is 0 Å². The van der Waals surface area contributed by atoms with Gasteiger partial charge in [-0.3, -0.25) is 9.20 Å². The number of amides is 1. The number of hydrogen-bond acceptors (Lipinski definition) is 6. The van der Waals surface area contributed by atoms with Crippen molar-refractivity contribution < 1.29 is 4.79 Å². The number of imidazole rings is 1. The molecule has 1 atom stereocenters. The highest BCUT2D eigenvalue weighted by molar-refractivity contribution is 7.20. The fraction of sp³-hybridized carbons (Fsp3) is 0.176. The molecule has 8 heteroatoms. The normalized spacial score (nSPS) is 12.4. The van der Waals surface area contributed by atoms with Crippen molar-refractivity contribution in [2.75, 3.05) is 0 Å². The molecule has 0 spiro atoms. The SMILES string of the molecule is CC[C@@H](NC(=O)c1csc(-c2cccs2)n1)c1cn2cccnc2n1. The quantitative estimate of drug-likeness (QED) is 0.581. The van der Waals surface area contributed by atoms with Crippen molar-refractivity contribution in [2.45, 2.75) is 19.4 Å². The van der Waals surface area contributed by atoms with Gasteiger partial charge in [-0.1, -0.05) is 13.0 Å². The van der Waals surface area contributed by atoms with Gasteiger partial charge in [-0.15, -0.1) is 22.7 Å². The first-order valence-electron chi connectivity index (χ1n) is 7.84. The molecule has 0 aromatic carbocycles. The molecule has 1 N–H and O–H groups in total. The molecular weight excluding hydrogens is 354 g/mol. The number of carbonyl (C=O) groups excluding carboxylic acids is 1. The van der Waals surface area contributed by atoms with E-state index in [1.54, 1.807) is 22.9 Å². The molecule has 0 aliphatic rings. The molecule has 0 saturated carbocycles. The summed E-state index contributed by atoms with van der Waals surface area (Å²) in [5.41, 5.74) is 1.23. The minimum Gasteiger partial charge on any atom is -0.342 e. The number of nitrogens with one attached hydrogen (secondary N) is 1. The van der Waals surface area contributed by atoms with Gasteiger partial charge in [0.25, 0.3) is 5.91 Å². The van der Waals surface area contributed by atoms with Crippen LogP contribution < -0.4 is 5.32 Å². The molecule has 0 aliphatic heterocycles. The van der Waals surface area contributed by atoms with E-state index in [0.29, 0.717) is 11.5 Å². The first kappa shape index (κ1) is 15.9. The highest BCUT2D eigenvalue weighted by Crippen LogP contribution is 2.28. The summed E-state index contributed by atoms with van der Waals surface area (Å²) in [7, 11) is 0. The van der Waals surface area contributed by atoms with Gasteiger partial charge in [-0.05, 0) is 23.9 Å². The lowest BCUT2D eigenvalue weighted by atomic mass is 10.1. The molecule has 0 saturated heterocycles. The van der Waals surface area contributed by atoms with Crippen molar-refractivity contribution in [3.8, 4) is 9.88 Å². The summed E-state index contributed by atoms with van der Waals surface area (Å²) in [4.78, 5) is 26.8. The molecule has 4 aromatic rings. The van der Waals surface area contributed by atoms with Gasteiger partial charge in [-0.2, -0.15) is 0 Å². The summed E-state index contributed by atoms with van der Waals surface area (Å²) in [6, 6.07) is 5.65. The maximum absolute atomic E-state index is 12.6. The Kier molecular flexibility index (Phi) is 4.29. The zero-order valence-corrected chi connectivity index (χ0v) is 15.0. The van der Waals surface area contributed by atoms with Crippen molar-refractivity contribution >= 4 is 34.4 Å².